The third-order valence-electron chi connectivity index (χ3n) is 5.17. The van der Waals surface area contributed by atoms with E-state index in [9.17, 15) is 18.0 Å². The molecule has 0 bridgehead atoms. The Morgan fingerprint density at radius 3 is 2.41 bits per heavy atom. The van der Waals surface area contributed by atoms with Crippen LogP contribution in [0.4, 0.5) is 0 Å². The number of hydrogen-bond donors (Lipinski definition) is 1. The van der Waals surface area contributed by atoms with Crippen molar-refractivity contribution in [2.75, 3.05) is 14.1 Å². The second-order valence-corrected chi connectivity index (χ2v) is 11.9. The van der Waals surface area contributed by atoms with Crippen molar-refractivity contribution < 1.29 is 18.0 Å². The van der Waals surface area contributed by atoms with Crippen LogP contribution in [0.25, 0.3) is 5.13 Å². The molecule has 0 spiro atoms. The normalized spacial score (nSPS) is 12.2. The molecule has 2 amide bonds. The molecule has 0 aliphatic heterocycles. The Morgan fingerprint density at radius 1 is 1.03 bits per heavy atom. The number of rotatable bonds is 7. The van der Waals surface area contributed by atoms with E-state index in [1.165, 1.54) is 64.6 Å². The van der Waals surface area contributed by atoms with Crippen LogP contribution in [-0.4, -0.2) is 59.0 Å². The van der Waals surface area contributed by atoms with Gasteiger partial charge in [0.25, 0.3) is 11.8 Å². The van der Waals surface area contributed by atoms with Crippen molar-refractivity contribution in [3.63, 3.8) is 0 Å². The highest BCUT2D eigenvalue weighted by Crippen LogP contribution is 2.27. The largest absolute Gasteiger partial charge is 0.344 e. The molecule has 4 rings (SSSR count). The molecule has 0 radical (unpaired) electrons. The van der Waals surface area contributed by atoms with Crippen molar-refractivity contribution in [1.82, 2.24) is 30.0 Å². The smallest absolute Gasteiger partial charge is 0.265 e. The van der Waals surface area contributed by atoms with E-state index in [2.05, 4.69) is 20.4 Å². The number of carbonyl (C=O) groups is 2. The molecule has 4 aromatic rings. The average molecular weight is 579 g/mol. The van der Waals surface area contributed by atoms with E-state index >= 15 is 0 Å². The first-order chi connectivity index (χ1) is 17.5. The fourth-order valence-electron chi connectivity index (χ4n) is 3.32. The zero-order valence-electron chi connectivity index (χ0n) is 19.7. The molecule has 2 heterocycles. The maximum Gasteiger partial charge on any atom is 0.265 e. The van der Waals surface area contributed by atoms with Crippen molar-refractivity contribution >= 4 is 56.2 Å². The molecule has 1 atom stereocenters. The van der Waals surface area contributed by atoms with Crippen LogP contribution >= 0.6 is 34.5 Å². The molecule has 0 saturated carbocycles. The van der Waals surface area contributed by atoms with Crippen molar-refractivity contribution in [3.05, 3.63) is 81.3 Å². The molecule has 14 heteroatoms. The van der Waals surface area contributed by atoms with Gasteiger partial charge in [-0.25, -0.2) is 18.4 Å². The zero-order chi connectivity index (χ0) is 26.9. The fourth-order valence-corrected chi connectivity index (χ4v) is 5.98. The van der Waals surface area contributed by atoms with Gasteiger partial charge in [0, 0.05) is 29.7 Å². The molecule has 37 heavy (non-hydrogen) atoms. The van der Waals surface area contributed by atoms with E-state index < -0.39 is 21.8 Å². The Kier molecular flexibility index (Phi) is 7.64. The van der Waals surface area contributed by atoms with Gasteiger partial charge < -0.3 is 10.2 Å². The van der Waals surface area contributed by atoms with Gasteiger partial charge in [0.2, 0.25) is 15.0 Å². The van der Waals surface area contributed by atoms with Crippen LogP contribution in [-0.2, 0) is 9.84 Å². The summed E-state index contributed by atoms with van der Waals surface area (Å²) in [5.41, 5.74) is 0.0473. The Hall–Kier alpha value is -3.32. The van der Waals surface area contributed by atoms with Gasteiger partial charge in [0.05, 0.1) is 22.0 Å². The van der Waals surface area contributed by atoms with Crippen molar-refractivity contribution in [3.8, 4) is 5.13 Å². The first-order valence-corrected chi connectivity index (χ1v) is 13.7. The summed E-state index contributed by atoms with van der Waals surface area (Å²) in [5, 5.41) is 7.83. The van der Waals surface area contributed by atoms with Gasteiger partial charge in [-0.2, -0.15) is 9.78 Å². The first kappa shape index (κ1) is 26.7. The third kappa shape index (κ3) is 5.67. The van der Waals surface area contributed by atoms with Gasteiger partial charge in [-0.05, 0) is 49.4 Å². The Labute approximate surface area is 226 Å². The molecule has 192 valence electrons. The lowest BCUT2D eigenvalue weighted by Crippen LogP contribution is -2.29. The van der Waals surface area contributed by atoms with Gasteiger partial charge >= 0.3 is 0 Å². The Balaban J connectivity index is 1.58. The minimum absolute atomic E-state index is 0.0163. The van der Waals surface area contributed by atoms with Crippen molar-refractivity contribution in [2.24, 2.45) is 0 Å². The highest BCUT2D eigenvalue weighted by atomic mass is 35.5. The Morgan fingerprint density at radius 2 is 1.73 bits per heavy atom. The summed E-state index contributed by atoms with van der Waals surface area (Å²) in [7, 11) is -0.665. The standard InChI is InChI=1S/C23H20Cl2N6O4S2/c1-13(20-27-12-28-31(20)23-26-11-19(36-23)22(33)30(2)3)29-21(32)14-8-16(25)10-18(9-14)37(34,35)17-6-4-15(24)5-7-17/h4-13H,1-3H3,(H,29,32)/t13-/m0/s1. The number of sulfone groups is 1. The minimum Gasteiger partial charge on any atom is -0.344 e. The van der Waals surface area contributed by atoms with E-state index in [1.54, 1.807) is 21.0 Å². The number of aromatic nitrogens is 4. The van der Waals surface area contributed by atoms with E-state index in [4.69, 9.17) is 23.2 Å². The number of benzene rings is 2. The van der Waals surface area contributed by atoms with Gasteiger partial charge in [-0.15, -0.1) is 0 Å². The number of nitrogens with one attached hydrogen (secondary N) is 1. The van der Waals surface area contributed by atoms with Crippen molar-refractivity contribution in [2.45, 2.75) is 22.8 Å². The molecule has 10 nitrogen and oxygen atoms in total. The molecule has 2 aromatic carbocycles. The second-order valence-electron chi connectivity index (χ2n) is 8.06. The quantitative estimate of drug-likeness (QED) is 0.350. The van der Waals surface area contributed by atoms with Gasteiger partial charge in [-0.1, -0.05) is 34.5 Å². The molecule has 0 aliphatic rings. The van der Waals surface area contributed by atoms with Crippen LogP contribution in [0, 0.1) is 0 Å². The number of amides is 2. The number of nitrogens with zero attached hydrogens (tertiary/aromatic N) is 5. The summed E-state index contributed by atoms with van der Waals surface area (Å²) in [4.78, 5) is 35.5. The maximum absolute atomic E-state index is 13.1. The number of thiazole rings is 1. The number of carbonyl (C=O) groups excluding carboxylic acids is 2. The topological polar surface area (TPSA) is 127 Å². The van der Waals surface area contributed by atoms with Crippen LogP contribution in [0.5, 0.6) is 0 Å². The molecule has 1 N–H and O–H groups in total. The van der Waals surface area contributed by atoms with Crippen LogP contribution in [0.2, 0.25) is 10.0 Å². The first-order valence-electron chi connectivity index (χ1n) is 10.7. The van der Waals surface area contributed by atoms with Crippen LogP contribution in [0.15, 0.2) is 64.8 Å². The summed E-state index contributed by atoms with van der Waals surface area (Å²) in [5.74, 6) is -0.403. The molecule has 0 unspecified atom stereocenters. The number of halogens is 2. The van der Waals surface area contributed by atoms with E-state index in [-0.39, 0.29) is 26.3 Å². The van der Waals surface area contributed by atoms with E-state index in [0.29, 0.717) is 20.9 Å². The van der Waals surface area contributed by atoms with Crippen LogP contribution in [0.3, 0.4) is 0 Å². The van der Waals surface area contributed by atoms with Crippen LogP contribution in [0.1, 0.15) is 38.8 Å². The Bertz CT molecular complexity index is 1580. The van der Waals surface area contributed by atoms with Gasteiger partial charge in [-0.3, -0.25) is 9.59 Å². The predicted molar refractivity (Wildman–Crippen MR) is 139 cm³/mol. The minimum atomic E-state index is -3.95. The van der Waals surface area contributed by atoms with E-state index in [0.717, 1.165) is 11.3 Å². The summed E-state index contributed by atoms with van der Waals surface area (Å²) in [6, 6.07) is 8.93. The summed E-state index contributed by atoms with van der Waals surface area (Å²) in [6.07, 6.45) is 2.76. The van der Waals surface area contributed by atoms with Gasteiger partial charge in [0.15, 0.2) is 5.82 Å². The molecule has 0 saturated heterocycles. The molecular formula is C23H20Cl2N6O4S2. The van der Waals surface area contributed by atoms with Crippen molar-refractivity contribution in [1.29, 1.82) is 0 Å². The molecular weight excluding hydrogens is 559 g/mol. The average Bonchev–Trinajstić information content (AvgIpc) is 3.53. The monoisotopic (exact) mass is 578 g/mol. The number of hydrogen-bond acceptors (Lipinski definition) is 8. The summed E-state index contributed by atoms with van der Waals surface area (Å²) < 4.78 is 27.6. The second kappa shape index (κ2) is 10.6. The van der Waals surface area contributed by atoms with E-state index in [1.807, 2.05) is 0 Å². The summed E-state index contributed by atoms with van der Waals surface area (Å²) in [6.45, 7) is 1.69. The predicted octanol–water partition coefficient (Wildman–Crippen LogP) is 4.06. The van der Waals surface area contributed by atoms with Crippen LogP contribution < -0.4 is 5.32 Å². The van der Waals surface area contributed by atoms with Gasteiger partial charge in [0.1, 0.15) is 11.2 Å². The molecule has 2 aromatic heterocycles. The maximum atomic E-state index is 13.1. The lowest BCUT2D eigenvalue weighted by molar-refractivity contribution is 0.0831. The molecule has 0 fully saturated rings. The summed E-state index contributed by atoms with van der Waals surface area (Å²) >= 11 is 13.2. The lowest BCUT2D eigenvalue weighted by atomic mass is 10.2. The fraction of sp³-hybridized carbons (Fsp3) is 0.174. The molecule has 0 aliphatic carbocycles. The lowest BCUT2D eigenvalue weighted by Gasteiger charge is -2.14. The highest BCUT2D eigenvalue weighted by Gasteiger charge is 2.24. The highest BCUT2D eigenvalue weighted by molar-refractivity contribution is 7.91. The zero-order valence-corrected chi connectivity index (χ0v) is 22.9. The SMILES string of the molecule is C[C@H](NC(=O)c1cc(Cl)cc(S(=O)(=O)c2ccc(Cl)cc2)c1)c1ncnn1-c1ncc(C(=O)N(C)C)s1. The third-order valence-corrected chi connectivity index (χ3v) is 8.35.